The number of carboxylic acids is 1. The van der Waals surface area contributed by atoms with Crippen LogP contribution in [0, 0.1) is 11.3 Å². The Morgan fingerprint density at radius 3 is 2.35 bits per heavy atom. The number of phosphoric ester groups is 3. The van der Waals surface area contributed by atoms with Crippen LogP contribution in [0.1, 0.15) is 33.4 Å². The number of imidazole rings is 1. The van der Waals surface area contributed by atoms with Gasteiger partial charge in [-0.25, -0.2) is 28.6 Å². The summed E-state index contributed by atoms with van der Waals surface area (Å²) >= 11 is 0.726. The number of phosphoric acid groups is 3. The molecule has 0 aliphatic carbocycles. The molecule has 8 atom stereocenters. The molecule has 1 saturated heterocycles. The number of aliphatic carboxylic acids is 1. The summed E-state index contributed by atoms with van der Waals surface area (Å²) in [5.74, 6) is -4.01. The fraction of sp³-hybridized carbons (Fsp3) is 0.640. The Hall–Kier alpha value is -2.97. The molecule has 2 amide bonds. The molecule has 11 N–H and O–H groups in total. The van der Waals surface area contributed by atoms with Gasteiger partial charge in [0.2, 0.25) is 16.9 Å². The number of carboxylic acid groups (broad SMARTS) is 1. The zero-order valence-corrected chi connectivity index (χ0v) is 32.5. The van der Waals surface area contributed by atoms with Crippen LogP contribution in [0.2, 0.25) is 0 Å². The number of nitrogen functional groups attached to an aromatic ring is 1. The summed E-state index contributed by atoms with van der Waals surface area (Å²) in [4.78, 5) is 97.8. The summed E-state index contributed by atoms with van der Waals surface area (Å²) in [7, 11) is -16.4. The number of ether oxygens (including phenoxy) is 1. The SMILES string of the molecule is C[C@H](C(=O)O)C(=O)SCCNC(=O)CCNC(=O)[C@@H](O)C(C)(C)COP(=O)(O)OP(=O)(O)OC[C@@H]1O[C@@H](n2cnc3c(N)ncnc32)[C@H](O)[C@H]1OP(=O)(O)O. The molecule has 0 aromatic carbocycles. The Balaban J connectivity index is 1.50. The standard InChI is InChI=1S/C25H40N7O19P3S/c1-12(23(37)38)24(39)55-7-6-27-14(33)4-5-28-21(36)18(35)25(2,3)9-48-54(45,46)51-53(43,44)47-8-13-17(50-52(40,41)42)16(34)22(49-13)32-11-31-15-19(26)29-10-30-20(15)32/h10-13,16-18,22,34-35H,4-9H2,1-3H3,(H,27,33)(H,28,36)(H,37,38)(H,43,44)(H,45,46)(H2,26,29,30)(H2,40,41,42)/t12-,13+,16-,17+,18-,22-/m1/s1. The van der Waals surface area contributed by atoms with E-state index >= 15 is 0 Å². The van der Waals surface area contributed by atoms with E-state index in [4.69, 9.17) is 24.6 Å². The first kappa shape index (κ1) is 46.4. The maximum atomic E-state index is 12.6. The Labute approximate surface area is 314 Å². The lowest BCUT2D eigenvalue weighted by Gasteiger charge is -2.30. The quantitative estimate of drug-likeness (QED) is 0.0383. The lowest BCUT2D eigenvalue weighted by Crippen LogP contribution is -2.46. The van der Waals surface area contributed by atoms with Crippen LogP contribution in [0.15, 0.2) is 12.7 Å². The molecule has 1 fully saturated rings. The van der Waals surface area contributed by atoms with Crippen molar-refractivity contribution in [3.8, 4) is 0 Å². The highest BCUT2D eigenvalue weighted by Gasteiger charge is 2.50. The first-order chi connectivity index (χ1) is 25.3. The number of aliphatic hydroxyl groups is 2. The zero-order valence-electron chi connectivity index (χ0n) is 29.0. The number of anilines is 1. The van der Waals surface area contributed by atoms with Crippen LogP contribution >= 0.6 is 35.2 Å². The predicted octanol–water partition coefficient (Wildman–Crippen LogP) is -1.61. The van der Waals surface area contributed by atoms with Crippen LogP contribution in [-0.4, -0.2) is 134 Å². The topological polar surface area (TPSA) is 401 Å². The number of rotatable bonds is 21. The van der Waals surface area contributed by atoms with E-state index < -0.39 is 102 Å². The molecule has 1 aliphatic rings. The van der Waals surface area contributed by atoms with Crippen molar-refractivity contribution in [3.05, 3.63) is 12.7 Å². The average molecular weight is 868 g/mol. The maximum absolute atomic E-state index is 12.6. The van der Waals surface area contributed by atoms with Crippen molar-refractivity contribution >= 4 is 75.1 Å². The smallest absolute Gasteiger partial charge is 0.481 e. The van der Waals surface area contributed by atoms with E-state index in [9.17, 15) is 62.7 Å². The maximum Gasteiger partial charge on any atom is 0.481 e. The Bertz CT molecular complexity index is 1860. The summed E-state index contributed by atoms with van der Waals surface area (Å²) in [6.45, 7) is 1.35. The van der Waals surface area contributed by atoms with Gasteiger partial charge < -0.3 is 56.0 Å². The monoisotopic (exact) mass is 867 g/mol. The molecule has 3 rings (SSSR count). The number of carbonyl (C=O) groups is 4. The van der Waals surface area contributed by atoms with Crippen LogP contribution in [0.25, 0.3) is 11.2 Å². The first-order valence-electron chi connectivity index (χ1n) is 15.6. The minimum Gasteiger partial charge on any atom is -0.481 e. The Morgan fingerprint density at radius 2 is 1.71 bits per heavy atom. The zero-order chi connectivity index (χ0) is 41.5. The third-order valence-corrected chi connectivity index (χ3v) is 11.6. The number of aliphatic hydroxyl groups excluding tert-OH is 2. The van der Waals surface area contributed by atoms with Crippen molar-refractivity contribution in [3.63, 3.8) is 0 Å². The second-order valence-electron chi connectivity index (χ2n) is 12.3. The summed E-state index contributed by atoms with van der Waals surface area (Å²) in [6, 6.07) is 0. The van der Waals surface area contributed by atoms with Gasteiger partial charge in [0.1, 0.15) is 42.2 Å². The summed E-state index contributed by atoms with van der Waals surface area (Å²) < 4.78 is 61.9. The van der Waals surface area contributed by atoms with Crippen molar-refractivity contribution in [2.75, 3.05) is 37.8 Å². The molecule has 0 spiro atoms. The molecule has 2 unspecified atom stereocenters. The summed E-state index contributed by atoms with van der Waals surface area (Å²) in [5, 5.41) is 34.3. The van der Waals surface area contributed by atoms with Crippen LogP contribution in [-0.2, 0) is 55.5 Å². The minimum atomic E-state index is -5.59. The number of nitrogens with one attached hydrogen (secondary N) is 2. The van der Waals surface area contributed by atoms with Gasteiger partial charge in [-0.2, -0.15) is 4.31 Å². The van der Waals surface area contributed by atoms with Gasteiger partial charge in [0, 0.05) is 30.7 Å². The van der Waals surface area contributed by atoms with Crippen molar-refractivity contribution < 1.29 is 90.4 Å². The lowest BCUT2D eigenvalue weighted by molar-refractivity contribution is -0.143. The first-order valence-corrected chi connectivity index (χ1v) is 21.1. The van der Waals surface area contributed by atoms with E-state index in [1.54, 1.807) is 0 Å². The van der Waals surface area contributed by atoms with Crippen LogP contribution in [0.4, 0.5) is 5.82 Å². The van der Waals surface area contributed by atoms with Crippen LogP contribution < -0.4 is 16.4 Å². The van der Waals surface area contributed by atoms with Crippen molar-refractivity contribution in [2.45, 2.75) is 57.8 Å². The second kappa shape index (κ2) is 19.0. The van der Waals surface area contributed by atoms with E-state index in [2.05, 4.69) is 34.4 Å². The van der Waals surface area contributed by atoms with Gasteiger partial charge in [0.15, 0.2) is 17.7 Å². The fourth-order valence-corrected chi connectivity index (χ4v) is 8.09. The van der Waals surface area contributed by atoms with Crippen molar-refractivity contribution in [2.24, 2.45) is 11.3 Å². The van der Waals surface area contributed by atoms with E-state index in [1.807, 2.05) is 0 Å². The molecule has 2 aromatic heterocycles. The van der Waals surface area contributed by atoms with E-state index in [0.29, 0.717) is 0 Å². The molecule has 0 bridgehead atoms. The highest BCUT2D eigenvalue weighted by Crippen LogP contribution is 2.61. The summed E-state index contributed by atoms with van der Waals surface area (Å²) in [5.41, 5.74) is 4.19. The van der Waals surface area contributed by atoms with Gasteiger partial charge in [0.05, 0.1) is 19.5 Å². The second-order valence-corrected chi connectivity index (χ2v) is 17.6. The van der Waals surface area contributed by atoms with Crippen LogP contribution in [0.3, 0.4) is 0 Å². The van der Waals surface area contributed by atoms with Gasteiger partial charge in [-0.3, -0.25) is 37.3 Å². The number of aromatic nitrogens is 4. The number of carbonyl (C=O) groups excluding carboxylic acids is 3. The molecular formula is C25H40N7O19P3S. The van der Waals surface area contributed by atoms with Gasteiger partial charge in [-0.1, -0.05) is 25.6 Å². The largest absolute Gasteiger partial charge is 0.481 e. The third-order valence-electron chi connectivity index (χ3n) is 7.47. The number of nitrogens with two attached hydrogens (primary N) is 1. The normalized spacial score (nSPS) is 22.3. The van der Waals surface area contributed by atoms with E-state index in [0.717, 1.165) is 29.0 Å². The lowest BCUT2D eigenvalue weighted by atomic mass is 9.87. The Kier molecular flexibility index (Phi) is 16.0. The molecule has 0 saturated carbocycles. The molecule has 30 heteroatoms. The Morgan fingerprint density at radius 1 is 1.05 bits per heavy atom. The molecule has 3 heterocycles. The van der Waals surface area contributed by atoms with Gasteiger partial charge >= 0.3 is 29.4 Å². The fourth-order valence-electron chi connectivity index (χ4n) is 4.51. The molecule has 0 radical (unpaired) electrons. The van der Waals surface area contributed by atoms with Gasteiger partial charge in [-0.15, -0.1) is 0 Å². The van der Waals surface area contributed by atoms with Crippen molar-refractivity contribution in [1.82, 2.24) is 30.2 Å². The summed E-state index contributed by atoms with van der Waals surface area (Å²) in [6.07, 6.45) is -7.13. The highest BCUT2D eigenvalue weighted by molar-refractivity contribution is 8.13. The van der Waals surface area contributed by atoms with Gasteiger partial charge in [0.25, 0.3) is 0 Å². The van der Waals surface area contributed by atoms with E-state index in [1.165, 1.54) is 20.8 Å². The number of hydrogen-bond acceptors (Lipinski definition) is 19. The predicted molar refractivity (Wildman–Crippen MR) is 184 cm³/mol. The number of nitrogens with zero attached hydrogens (tertiary/aromatic N) is 4. The van der Waals surface area contributed by atoms with E-state index in [-0.39, 0.29) is 42.2 Å². The molecular weight excluding hydrogens is 827 g/mol. The highest BCUT2D eigenvalue weighted by atomic mass is 32.2. The van der Waals surface area contributed by atoms with Crippen molar-refractivity contribution in [1.29, 1.82) is 0 Å². The number of amides is 2. The number of fused-ring (bicyclic) bond motifs is 1. The molecule has 55 heavy (non-hydrogen) atoms. The van der Waals surface area contributed by atoms with Crippen LogP contribution in [0.5, 0.6) is 0 Å². The number of hydrogen-bond donors (Lipinski definition) is 10. The number of thioether (sulfide) groups is 1. The third kappa shape index (κ3) is 13.6. The molecule has 26 nitrogen and oxygen atoms in total. The molecule has 1 aliphatic heterocycles. The minimum absolute atomic E-state index is 0.0183. The van der Waals surface area contributed by atoms with Gasteiger partial charge in [-0.05, 0) is 6.92 Å². The molecule has 310 valence electrons. The average Bonchev–Trinajstić information content (AvgIpc) is 3.64. The molecule has 2 aromatic rings.